The van der Waals surface area contributed by atoms with Crippen molar-refractivity contribution in [1.82, 2.24) is 0 Å². The van der Waals surface area contributed by atoms with Crippen molar-refractivity contribution >= 4 is 5.97 Å². The van der Waals surface area contributed by atoms with E-state index < -0.39 is 0 Å². The van der Waals surface area contributed by atoms with Crippen molar-refractivity contribution in [3.05, 3.63) is 12.2 Å². The molecular weight excluding hydrogens is 224 g/mol. The molecule has 2 saturated carbocycles. The second kappa shape index (κ2) is 5.46. The number of hydrogen-bond acceptors (Lipinski definition) is 2. The van der Waals surface area contributed by atoms with Crippen molar-refractivity contribution < 1.29 is 9.53 Å². The van der Waals surface area contributed by atoms with Crippen LogP contribution in [-0.4, -0.2) is 12.1 Å². The Morgan fingerprint density at radius 1 is 1.00 bits per heavy atom. The molecule has 0 radical (unpaired) electrons. The Morgan fingerprint density at radius 2 is 1.83 bits per heavy atom. The normalized spacial score (nSPS) is 36.3. The highest BCUT2D eigenvalue weighted by molar-refractivity contribution is 5.73. The van der Waals surface area contributed by atoms with Crippen LogP contribution in [-0.2, 0) is 9.53 Å². The Balaban J connectivity index is 1.59. The predicted octanol–water partition coefficient (Wildman–Crippen LogP) is 3.85. The SMILES string of the molecule is O=C(OC1CCCCC1)[C@@H]1CC=C[C@H]2CCC[C@H]21. The van der Waals surface area contributed by atoms with E-state index in [2.05, 4.69) is 12.2 Å². The molecule has 0 N–H and O–H groups in total. The minimum absolute atomic E-state index is 0.100. The third-order valence-corrected chi connectivity index (χ3v) is 5.05. The molecule has 0 aromatic carbocycles. The lowest BCUT2D eigenvalue weighted by atomic mass is 9.78. The minimum Gasteiger partial charge on any atom is -0.462 e. The number of esters is 1. The summed E-state index contributed by atoms with van der Waals surface area (Å²) < 4.78 is 5.77. The Bertz CT molecular complexity index is 328. The molecule has 0 unspecified atom stereocenters. The maximum absolute atomic E-state index is 12.4. The smallest absolute Gasteiger partial charge is 0.309 e. The number of hydrogen-bond donors (Lipinski definition) is 0. The Morgan fingerprint density at radius 3 is 2.67 bits per heavy atom. The molecule has 3 atom stereocenters. The lowest BCUT2D eigenvalue weighted by molar-refractivity contribution is -0.158. The fraction of sp³-hybridized carbons (Fsp3) is 0.812. The molecule has 0 saturated heterocycles. The fourth-order valence-corrected chi connectivity index (χ4v) is 4.04. The summed E-state index contributed by atoms with van der Waals surface area (Å²) in [5.41, 5.74) is 0. The van der Waals surface area contributed by atoms with Crippen LogP contribution >= 0.6 is 0 Å². The molecule has 18 heavy (non-hydrogen) atoms. The molecule has 2 nitrogen and oxygen atoms in total. The molecule has 0 spiro atoms. The van der Waals surface area contributed by atoms with Gasteiger partial charge in [-0.1, -0.05) is 25.0 Å². The lowest BCUT2D eigenvalue weighted by Gasteiger charge is -2.31. The van der Waals surface area contributed by atoms with E-state index in [0.717, 1.165) is 19.3 Å². The number of carbonyl (C=O) groups is 1. The number of carbonyl (C=O) groups excluding carboxylic acids is 1. The zero-order valence-electron chi connectivity index (χ0n) is 11.1. The van der Waals surface area contributed by atoms with Gasteiger partial charge in [-0.2, -0.15) is 0 Å². The van der Waals surface area contributed by atoms with E-state index in [9.17, 15) is 4.79 Å². The zero-order valence-corrected chi connectivity index (χ0v) is 11.1. The van der Waals surface area contributed by atoms with Gasteiger partial charge in [-0.3, -0.25) is 4.79 Å². The largest absolute Gasteiger partial charge is 0.462 e. The summed E-state index contributed by atoms with van der Waals surface area (Å²) in [5, 5.41) is 0. The molecule has 0 amide bonds. The Hall–Kier alpha value is -0.790. The molecule has 0 heterocycles. The first-order valence-corrected chi connectivity index (χ1v) is 7.72. The van der Waals surface area contributed by atoms with Crippen molar-refractivity contribution in [1.29, 1.82) is 0 Å². The van der Waals surface area contributed by atoms with Gasteiger partial charge < -0.3 is 4.74 Å². The lowest BCUT2D eigenvalue weighted by Crippen LogP contribution is -2.32. The van der Waals surface area contributed by atoms with E-state index in [-0.39, 0.29) is 18.0 Å². The molecule has 0 aliphatic heterocycles. The first-order valence-electron chi connectivity index (χ1n) is 7.72. The summed E-state index contributed by atoms with van der Waals surface area (Å²) in [5.74, 6) is 1.49. The maximum Gasteiger partial charge on any atom is 0.309 e. The summed E-state index contributed by atoms with van der Waals surface area (Å²) >= 11 is 0. The van der Waals surface area contributed by atoms with Crippen LogP contribution in [0.25, 0.3) is 0 Å². The van der Waals surface area contributed by atoms with Gasteiger partial charge in [0.25, 0.3) is 0 Å². The standard InChI is InChI=1S/C16H24O2/c17-16(18-13-8-2-1-3-9-13)15-11-5-7-12-6-4-10-14(12)15/h5,7,12-15H,1-4,6,8-11H2/t12-,14-,15-/m1/s1. The highest BCUT2D eigenvalue weighted by Crippen LogP contribution is 2.43. The summed E-state index contributed by atoms with van der Waals surface area (Å²) in [7, 11) is 0. The van der Waals surface area contributed by atoms with Gasteiger partial charge in [0, 0.05) is 0 Å². The predicted molar refractivity (Wildman–Crippen MR) is 71.0 cm³/mol. The highest BCUT2D eigenvalue weighted by Gasteiger charge is 2.39. The van der Waals surface area contributed by atoms with Gasteiger partial charge in [-0.15, -0.1) is 0 Å². The van der Waals surface area contributed by atoms with Crippen LogP contribution < -0.4 is 0 Å². The molecule has 0 aromatic rings. The first kappa shape index (κ1) is 12.3. The van der Waals surface area contributed by atoms with E-state index in [1.165, 1.54) is 38.5 Å². The Labute approximate surface area is 110 Å². The third kappa shape index (κ3) is 2.48. The van der Waals surface area contributed by atoms with E-state index in [0.29, 0.717) is 11.8 Å². The minimum atomic E-state index is 0.100. The van der Waals surface area contributed by atoms with Crippen molar-refractivity contribution in [3.8, 4) is 0 Å². The molecule has 100 valence electrons. The van der Waals surface area contributed by atoms with Gasteiger partial charge in [0.15, 0.2) is 0 Å². The second-order valence-electron chi connectivity index (χ2n) is 6.23. The van der Waals surface area contributed by atoms with Gasteiger partial charge in [0.2, 0.25) is 0 Å². The maximum atomic E-state index is 12.4. The van der Waals surface area contributed by atoms with Crippen molar-refractivity contribution in [2.24, 2.45) is 17.8 Å². The highest BCUT2D eigenvalue weighted by atomic mass is 16.5. The molecule has 0 bridgehead atoms. The van der Waals surface area contributed by atoms with Gasteiger partial charge in [-0.25, -0.2) is 0 Å². The van der Waals surface area contributed by atoms with Gasteiger partial charge in [-0.05, 0) is 56.8 Å². The van der Waals surface area contributed by atoms with Gasteiger partial charge in [0.05, 0.1) is 5.92 Å². The topological polar surface area (TPSA) is 26.3 Å². The first-order chi connectivity index (χ1) is 8.84. The summed E-state index contributed by atoms with van der Waals surface area (Å²) in [4.78, 5) is 12.4. The number of allylic oxidation sites excluding steroid dienone is 2. The van der Waals surface area contributed by atoms with Crippen molar-refractivity contribution in [2.75, 3.05) is 0 Å². The van der Waals surface area contributed by atoms with Crippen LogP contribution in [0, 0.1) is 17.8 Å². The number of ether oxygens (including phenoxy) is 1. The van der Waals surface area contributed by atoms with Crippen LogP contribution in [0.3, 0.4) is 0 Å². The van der Waals surface area contributed by atoms with Crippen LogP contribution in [0.1, 0.15) is 57.8 Å². The zero-order chi connectivity index (χ0) is 12.4. The van der Waals surface area contributed by atoms with E-state index in [1.807, 2.05) is 0 Å². The molecule has 0 aromatic heterocycles. The summed E-state index contributed by atoms with van der Waals surface area (Å²) in [6.07, 6.45) is 15.4. The molecule has 2 fully saturated rings. The van der Waals surface area contributed by atoms with Crippen LogP contribution in [0.4, 0.5) is 0 Å². The van der Waals surface area contributed by atoms with E-state index >= 15 is 0 Å². The van der Waals surface area contributed by atoms with Crippen molar-refractivity contribution in [3.63, 3.8) is 0 Å². The average molecular weight is 248 g/mol. The average Bonchev–Trinajstić information content (AvgIpc) is 2.87. The van der Waals surface area contributed by atoms with Crippen LogP contribution in [0.5, 0.6) is 0 Å². The fourth-order valence-electron chi connectivity index (χ4n) is 4.04. The van der Waals surface area contributed by atoms with Crippen LogP contribution in [0.2, 0.25) is 0 Å². The Kier molecular flexibility index (Phi) is 3.72. The van der Waals surface area contributed by atoms with Gasteiger partial charge >= 0.3 is 5.97 Å². The van der Waals surface area contributed by atoms with Crippen LogP contribution in [0.15, 0.2) is 12.2 Å². The van der Waals surface area contributed by atoms with Crippen molar-refractivity contribution in [2.45, 2.75) is 63.9 Å². The van der Waals surface area contributed by atoms with E-state index in [1.54, 1.807) is 0 Å². The molecule has 2 heteroatoms. The monoisotopic (exact) mass is 248 g/mol. The number of fused-ring (bicyclic) bond motifs is 1. The van der Waals surface area contributed by atoms with Gasteiger partial charge in [0.1, 0.15) is 6.10 Å². The van der Waals surface area contributed by atoms with E-state index in [4.69, 9.17) is 4.74 Å². The molecule has 3 rings (SSSR count). The number of rotatable bonds is 2. The molecule has 3 aliphatic rings. The second-order valence-corrected chi connectivity index (χ2v) is 6.23. The summed E-state index contributed by atoms with van der Waals surface area (Å²) in [6, 6.07) is 0. The quantitative estimate of drug-likeness (QED) is 0.548. The third-order valence-electron chi connectivity index (χ3n) is 5.05. The molecular formula is C16H24O2. The summed E-state index contributed by atoms with van der Waals surface area (Å²) in [6.45, 7) is 0. The molecule has 3 aliphatic carbocycles.